The average Bonchev–Trinajstić information content (AvgIpc) is 2.37. The van der Waals surface area contributed by atoms with Gasteiger partial charge in [0.1, 0.15) is 6.61 Å². The molecule has 0 radical (unpaired) electrons. The number of phosphoric acid groups is 1. The molecule has 124 valence electrons. The first-order valence-electron chi connectivity index (χ1n) is 6.77. The predicted molar refractivity (Wildman–Crippen MR) is 73.3 cm³/mol. The van der Waals surface area contributed by atoms with Crippen molar-refractivity contribution >= 4 is 19.8 Å². The molecular weight excluding hydrogens is 303 g/mol. The summed E-state index contributed by atoms with van der Waals surface area (Å²) < 4.78 is 24.5. The summed E-state index contributed by atoms with van der Waals surface area (Å²) in [6.45, 7) is 2.37. The van der Waals surface area contributed by atoms with Crippen LogP contribution in [0, 0.1) is 0 Å². The highest BCUT2D eigenvalue weighted by molar-refractivity contribution is 7.46. The molecule has 0 rings (SSSR count). The van der Waals surface area contributed by atoms with Gasteiger partial charge in [-0.3, -0.25) is 14.1 Å². The quantitative estimate of drug-likeness (QED) is 0.333. The van der Waals surface area contributed by atoms with E-state index in [0.29, 0.717) is 6.42 Å². The lowest BCUT2D eigenvalue weighted by Gasteiger charge is -2.18. The van der Waals surface area contributed by atoms with Crippen LogP contribution in [0.15, 0.2) is 0 Å². The highest BCUT2D eigenvalue weighted by atomic mass is 31.2. The molecule has 9 heteroatoms. The van der Waals surface area contributed by atoms with Gasteiger partial charge in [-0.05, 0) is 6.42 Å². The molecule has 8 nitrogen and oxygen atoms in total. The van der Waals surface area contributed by atoms with E-state index in [4.69, 9.17) is 14.5 Å². The molecular formula is C12H23O8P. The van der Waals surface area contributed by atoms with Crippen LogP contribution in [-0.2, 0) is 28.2 Å². The molecule has 0 saturated heterocycles. The Labute approximate surface area is 124 Å². The maximum atomic E-state index is 11.6. The predicted octanol–water partition coefficient (Wildman–Crippen LogP) is 1.54. The second-order valence-corrected chi connectivity index (χ2v) is 5.75. The van der Waals surface area contributed by atoms with Crippen molar-refractivity contribution in [1.29, 1.82) is 0 Å². The summed E-state index contributed by atoms with van der Waals surface area (Å²) in [5.74, 6) is -1.10. The SMILES string of the molecule is CCCCCCC(=O)OC(COC(C)=O)COP(=O)(O)O. The van der Waals surface area contributed by atoms with Crippen molar-refractivity contribution in [2.45, 2.75) is 52.1 Å². The topological polar surface area (TPSA) is 119 Å². The second kappa shape index (κ2) is 10.7. The third-order valence-electron chi connectivity index (χ3n) is 2.43. The maximum Gasteiger partial charge on any atom is 0.469 e. The van der Waals surface area contributed by atoms with Crippen molar-refractivity contribution in [3.8, 4) is 0 Å². The number of carbonyl (C=O) groups is 2. The first-order valence-corrected chi connectivity index (χ1v) is 8.30. The van der Waals surface area contributed by atoms with Gasteiger partial charge in [-0.25, -0.2) is 4.57 Å². The van der Waals surface area contributed by atoms with Gasteiger partial charge in [-0.15, -0.1) is 0 Å². The van der Waals surface area contributed by atoms with E-state index in [2.05, 4.69) is 9.26 Å². The van der Waals surface area contributed by atoms with E-state index in [1.165, 1.54) is 6.92 Å². The molecule has 0 amide bonds. The Bertz CT molecular complexity index is 364. The van der Waals surface area contributed by atoms with Crippen LogP contribution in [-0.4, -0.2) is 41.0 Å². The van der Waals surface area contributed by atoms with Crippen molar-refractivity contribution in [3.05, 3.63) is 0 Å². The molecule has 0 fully saturated rings. The molecule has 2 N–H and O–H groups in total. The fraction of sp³-hybridized carbons (Fsp3) is 0.833. The Morgan fingerprint density at radius 3 is 2.33 bits per heavy atom. The van der Waals surface area contributed by atoms with Crippen LogP contribution in [0.3, 0.4) is 0 Å². The fourth-order valence-corrected chi connectivity index (χ4v) is 1.81. The van der Waals surface area contributed by atoms with Gasteiger partial charge in [0.25, 0.3) is 0 Å². The normalized spacial score (nSPS) is 12.8. The third kappa shape index (κ3) is 13.8. The number of esters is 2. The van der Waals surface area contributed by atoms with E-state index >= 15 is 0 Å². The van der Waals surface area contributed by atoms with E-state index in [-0.39, 0.29) is 13.0 Å². The Morgan fingerprint density at radius 2 is 1.81 bits per heavy atom. The zero-order valence-corrected chi connectivity index (χ0v) is 13.2. The first kappa shape index (κ1) is 20.1. The van der Waals surface area contributed by atoms with Crippen LogP contribution < -0.4 is 0 Å². The van der Waals surface area contributed by atoms with Gasteiger partial charge in [0.2, 0.25) is 0 Å². The Morgan fingerprint density at radius 1 is 1.14 bits per heavy atom. The standard InChI is InChI=1S/C12H23O8P/c1-3-4-5-6-7-12(14)20-11(8-18-10(2)13)9-19-21(15,16)17/h11H,3-9H2,1-2H3,(H2,15,16,17). The Balaban J connectivity index is 4.20. The fourth-order valence-electron chi connectivity index (χ4n) is 1.45. The molecule has 0 spiro atoms. The summed E-state index contributed by atoms with van der Waals surface area (Å²) in [7, 11) is -4.67. The monoisotopic (exact) mass is 326 g/mol. The zero-order chi connectivity index (χ0) is 16.3. The molecule has 0 saturated carbocycles. The van der Waals surface area contributed by atoms with E-state index in [0.717, 1.165) is 19.3 Å². The molecule has 0 aliphatic heterocycles. The van der Waals surface area contributed by atoms with E-state index in [9.17, 15) is 14.2 Å². The van der Waals surface area contributed by atoms with Crippen LogP contribution >= 0.6 is 7.82 Å². The molecule has 0 bridgehead atoms. The van der Waals surface area contributed by atoms with E-state index in [1.807, 2.05) is 6.92 Å². The van der Waals surface area contributed by atoms with Crippen LogP contribution in [0.1, 0.15) is 46.0 Å². The van der Waals surface area contributed by atoms with Crippen LogP contribution in [0.5, 0.6) is 0 Å². The number of unbranched alkanes of at least 4 members (excludes halogenated alkanes) is 3. The summed E-state index contributed by atoms with van der Waals surface area (Å²) in [5.41, 5.74) is 0. The van der Waals surface area contributed by atoms with Gasteiger partial charge in [-0.1, -0.05) is 26.2 Å². The van der Waals surface area contributed by atoms with Gasteiger partial charge in [0.05, 0.1) is 6.61 Å². The van der Waals surface area contributed by atoms with Gasteiger partial charge in [0.15, 0.2) is 6.10 Å². The first-order chi connectivity index (χ1) is 9.74. The highest BCUT2D eigenvalue weighted by Gasteiger charge is 2.22. The number of ether oxygens (including phenoxy) is 2. The molecule has 1 atom stereocenters. The molecule has 0 aliphatic carbocycles. The van der Waals surface area contributed by atoms with Crippen LogP contribution in [0.25, 0.3) is 0 Å². The van der Waals surface area contributed by atoms with Crippen molar-refractivity contribution < 1.29 is 37.9 Å². The van der Waals surface area contributed by atoms with Gasteiger partial charge >= 0.3 is 19.8 Å². The van der Waals surface area contributed by atoms with Gasteiger partial charge < -0.3 is 19.3 Å². The highest BCUT2D eigenvalue weighted by Crippen LogP contribution is 2.35. The second-order valence-electron chi connectivity index (χ2n) is 4.51. The minimum absolute atomic E-state index is 0.201. The lowest BCUT2D eigenvalue weighted by molar-refractivity contribution is -0.160. The van der Waals surface area contributed by atoms with Gasteiger partial charge in [0, 0.05) is 13.3 Å². The summed E-state index contributed by atoms with van der Waals surface area (Å²) in [6.07, 6.45) is 2.80. The summed E-state index contributed by atoms with van der Waals surface area (Å²) in [6, 6.07) is 0. The number of phosphoric ester groups is 1. The molecule has 0 heterocycles. The van der Waals surface area contributed by atoms with Crippen LogP contribution in [0.4, 0.5) is 0 Å². The average molecular weight is 326 g/mol. The zero-order valence-electron chi connectivity index (χ0n) is 12.3. The third-order valence-corrected chi connectivity index (χ3v) is 2.92. The molecule has 0 aromatic carbocycles. The Kier molecular flexibility index (Phi) is 10.2. The maximum absolute atomic E-state index is 11.6. The van der Waals surface area contributed by atoms with Gasteiger partial charge in [-0.2, -0.15) is 0 Å². The summed E-state index contributed by atoms with van der Waals surface area (Å²) in [5, 5.41) is 0. The smallest absolute Gasteiger partial charge is 0.462 e. The lowest BCUT2D eigenvalue weighted by atomic mass is 10.1. The van der Waals surface area contributed by atoms with Crippen molar-refractivity contribution in [2.24, 2.45) is 0 Å². The largest absolute Gasteiger partial charge is 0.469 e. The van der Waals surface area contributed by atoms with Crippen molar-refractivity contribution in [1.82, 2.24) is 0 Å². The minimum Gasteiger partial charge on any atom is -0.462 e. The van der Waals surface area contributed by atoms with E-state index in [1.54, 1.807) is 0 Å². The number of rotatable bonds is 11. The van der Waals surface area contributed by atoms with E-state index < -0.39 is 32.5 Å². The molecule has 0 aromatic heterocycles. The minimum atomic E-state index is -4.67. The lowest BCUT2D eigenvalue weighted by Crippen LogP contribution is -2.29. The molecule has 21 heavy (non-hydrogen) atoms. The van der Waals surface area contributed by atoms with Crippen molar-refractivity contribution in [3.63, 3.8) is 0 Å². The number of hydrogen-bond acceptors (Lipinski definition) is 6. The molecule has 1 unspecified atom stereocenters. The summed E-state index contributed by atoms with van der Waals surface area (Å²) in [4.78, 5) is 39.5. The number of carbonyl (C=O) groups excluding carboxylic acids is 2. The molecule has 0 aromatic rings. The van der Waals surface area contributed by atoms with Crippen molar-refractivity contribution in [2.75, 3.05) is 13.2 Å². The Hall–Kier alpha value is -0.950. The molecule has 0 aliphatic rings. The summed E-state index contributed by atoms with van der Waals surface area (Å²) >= 11 is 0. The van der Waals surface area contributed by atoms with Crippen LogP contribution in [0.2, 0.25) is 0 Å². The number of hydrogen-bond donors (Lipinski definition) is 2.